The molecule has 0 heterocycles. The molecule has 2 aromatic rings. The third-order valence-corrected chi connectivity index (χ3v) is 5.01. The third kappa shape index (κ3) is 3.17. The lowest BCUT2D eigenvalue weighted by Crippen LogP contribution is -2.45. The Kier molecular flexibility index (Phi) is 3.69. The summed E-state index contributed by atoms with van der Waals surface area (Å²) in [6.07, 6.45) is 3.20. The summed E-state index contributed by atoms with van der Waals surface area (Å²) in [7, 11) is 0. The summed E-state index contributed by atoms with van der Waals surface area (Å²) in [6.45, 7) is 0.0247. The van der Waals surface area contributed by atoms with Gasteiger partial charge in [0.1, 0.15) is 0 Å². The van der Waals surface area contributed by atoms with E-state index >= 15 is 0 Å². The van der Waals surface area contributed by atoms with Gasteiger partial charge in [0.15, 0.2) is 0 Å². The zero-order valence-electron chi connectivity index (χ0n) is 13.0. The van der Waals surface area contributed by atoms with Crippen LogP contribution in [-0.2, 0) is 0 Å². The van der Waals surface area contributed by atoms with Gasteiger partial charge < -0.3 is 15.7 Å². The minimum absolute atomic E-state index is 0.0247. The molecule has 3 atom stereocenters. The Morgan fingerprint density at radius 1 is 1.17 bits per heavy atom. The van der Waals surface area contributed by atoms with Crippen LogP contribution in [0.15, 0.2) is 42.5 Å². The number of rotatable bonds is 5. The van der Waals surface area contributed by atoms with Crippen molar-refractivity contribution in [2.75, 3.05) is 6.61 Å². The van der Waals surface area contributed by atoms with E-state index in [-0.39, 0.29) is 24.7 Å². The Hall–Kier alpha value is -2.07. The van der Waals surface area contributed by atoms with Crippen molar-refractivity contribution in [2.45, 2.75) is 37.3 Å². The van der Waals surface area contributed by atoms with Crippen LogP contribution in [0.4, 0.5) is 4.79 Å². The van der Waals surface area contributed by atoms with E-state index in [0.717, 1.165) is 19.3 Å². The molecule has 3 N–H and O–H groups in total. The van der Waals surface area contributed by atoms with E-state index in [9.17, 15) is 9.90 Å². The van der Waals surface area contributed by atoms with Crippen molar-refractivity contribution in [2.24, 2.45) is 5.92 Å². The second-order valence-corrected chi connectivity index (χ2v) is 6.80. The van der Waals surface area contributed by atoms with Crippen LogP contribution in [0.25, 0.3) is 10.8 Å². The van der Waals surface area contributed by atoms with Crippen LogP contribution in [0.5, 0.6) is 0 Å². The highest BCUT2D eigenvalue weighted by atomic mass is 16.3. The fraction of sp³-hybridized carbons (Fsp3) is 0.421. The molecule has 2 amide bonds. The van der Waals surface area contributed by atoms with Gasteiger partial charge in [0.25, 0.3) is 0 Å². The van der Waals surface area contributed by atoms with Crippen molar-refractivity contribution >= 4 is 16.8 Å². The molecular formula is C19H22N2O2. The average Bonchev–Trinajstić information content (AvgIpc) is 3.47. The van der Waals surface area contributed by atoms with Crippen LogP contribution < -0.4 is 10.6 Å². The molecular weight excluding hydrogens is 288 g/mol. The molecule has 0 bridgehead atoms. The highest BCUT2D eigenvalue weighted by Crippen LogP contribution is 2.41. The first-order valence-electron chi connectivity index (χ1n) is 8.41. The summed E-state index contributed by atoms with van der Waals surface area (Å²) in [6, 6.07) is 14.8. The maximum atomic E-state index is 12.1. The average molecular weight is 310 g/mol. The van der Waals surface area contributed by atoms with Gasteiger partial charge in [-0.25, -0.2) is 4.79 Å². The number of aliphatic hydroxyl groups is 1. The van der Waals surface area contributed by atoms with E-state index < -0.39 is 0 Å². The maximum Gasteiger partial charge on any atom is 0.315 e. The van der Waals surface area contributed by atoms with E-state index in [1.165, 1.54) is 16.3 Å². The molecule has 2 aromatic carbocycles. The number of aliphatic hydroxyl groups excluding tert-OH is 1. The topological polar surface area (TPSA) is 61.4 Å². The zero-order chi connectivity index (χ0) is 15.8. The lowest BCUT2D eigenvalue weighted by Gasteiger charge is -2.16. The second-order valence-electron chi connectivity index (χ2n) is 6.80. The van der Waals surface area contributed by atoms with Crippen LogP contribution in [0.2, 0.25) is 0 Å². The lowest BCUT2D eigenvalue weighted by atomic mass is 10.0. The Morgan fingerprint density at radius 2 is 1.96 bits per heavy atom. The minimum Gasteiger partial charge on any atom is -0.394 e. The number of urea groups is 1. The first-order chi connectivity index (χ1) is 11.2. The molecule has 0 saturated heterocycles. The van der Waals surface area contributed by atoms with Crippen LogP contribution in [0, 0.1) is 5.92 Å². The van der Waals surface area contributed by atoms with Crippen LogP contribution in [0.1, 0.15) is 30.7 Å². The van der Waals surface area contributed by atoms with Crippen LogP contribution in [-0.4, -0.2) is 29.8 Å². The lowest BCUT2D eigenvalue weighted by molar-refractivity contribution is 0.208. The molecule has 2 fully saturated rings. The van der Waals surface area contributed by atoms with Gasteiger partial charge >= 0.3 is 6.03 Å². The van der Waals surface area contributed by atoms with E-state index in [1.54, 1.807) is 0 Å². The number of fused-ring (bicyclic) bond motifs is 1. The van der Waals surface area contributed by atoms with Gasteiger partial charge in [0.2, 0.25) is 0 Å². The highest BCUT2D eigenvalue weighted by molar-refractivity contribution is 5.83. The second kappa shape index (κ2) is 5.85. The van der Waals surface area contributed by atoms with E-state index in [1.807, 2.05) is 6.07 Å². The number of nitrogens with one attached hydrogen (secondary N) is 2. The van der Waals surface area contributed by atoms with Crippen molar-refractivity contribution < 1.29 is 9.90 Å². The van der Waals surface area contributed by atoms with Gasteiger partial charge in [0.05, 0.1) is 12.6 Å². The molecule has 4 nitrogen and oxygen atoms in total. The van der Waals surface area contributed by atoms with Crippen LogP contribution in [0.3, 0.4) is 0 Å². The number of hydrogen-bond donors (Lipinski definition) is 3. The molecule has 0 radical (unpaired) electrons. The number of benzene rings is 2. The van der Waals surface area contributed by atoms with Gasteiger partial charge in [0, 0.05) is 12.0 Å². The summed E-state index contributed by atoms with van der Waals surface area (Å²) >= 11 is 0. The van der Waals surface area contributed by atoms with E-state index in [4.69, 9.17) is 0 Å². The predicted molar refractivity (Wildman–Crippen MR) is 90.4 cm³/mol. The molecule has 2 saturated carbocycles. The first kappa shape index (κ1) is 14.5. The van der Waals surface area contributed by atoms with Gasteiger partial charge in [-0.05, 0) is 41.5 Å². The summed E-state index contributed by atoms with van der Waals surface area (Å²) in [5.41, 5.74) is 1.29. The molecule has 0 aromatic heterocycles. The molecule has 4 heteroatoms. The fourth-order valence-corrected chi connectivity index (χ4v) is 3.35. The first-order valence-corrected chi connectivity index (χ1v) is 8.41. The Balaban J connectivity index is 1.36. The summed E-state index contributed by atoms with van der Waals surface area (Å²) in [5, 5.41) is 17.8. The predicted octanol–water partition coefficient (Wildman–Crippen LogP) is 2.77. The molecule has 23 heavy (non-hydrogen) atoms. The number of carbonyl (C=O) groups excluding carboxylic acids is 1. The van der Waals surface area contributed by atoms with Crippen molar-refractivity contribution in [3.05, 3.63) is 48.0 Å². The highest BCUT2D eigenvalue weighted by Gasteiger charge is 2.40. The monoisotopic (exact) mass is 310 g/mol. The molecule has 0 aliphatic heterocycles. The van der Waals surface area contributed by atoms with Crippen molar-refractivity contribution in [3.63, 3.8) is 0 Å². The van der Waals surface area contributed by atoms with Crippen molar-refractivity contribution in [1.82, 2.24) is 10.6 Å². The number of amides is 2. The molecule has 1 unspecified atom stereocenters. The Morgan fingerprint density at radius 3 is 2.70 bits per heavy atom. The number of hydrogen-bond acceptors (Lipinski definition) is 2. The summed E-state index contributed by atoms with van der Waals surface area (Å²) in [4.78, 5) is 12.1. The van der Waals surface area contributed by atoms with Crippen molar-refractivity contribution in [1.29, 1.82) is 0 Å². The van der Waals surface area contributed by atoms with E-state index in [0.29, 0.717) is 11.8 Å². The molecule has 4 rings (SSSR count). The SMILES string of the molecule is O=C(NC(CO)C1CC1)N[C@@H]1C[C@H]1c1ccc2ccccc2c1. The van der Waals surface area contributed by atoms with Crippen molar-refractivity contribution in [3.8, 4) is 0 Å². The quantitative estimate of drug-likeness (QED) is 0.795. The smallest absolute Gasteiger partial charge is 0.315 e. The molecule has 0 spiro atoms. The Bertz CT molecular complexity index is 726. The third-order valence-electron chi connectivity index (χ3n) is 5.01. The minimum atomic E-state index is -0.149. The zero-order valence-corrected chi connectivity index (χ0v) is 13.0. The van der Waals surface area contributed by atoms with Crippen LogP contribution >= 0.6 is 0 Å². The largest absolute Gasteiger partial charge is 0.394 e. The summed E-state index contributed by atoms with van der Waals surface area (Å²) in [5.74, 6) is 0.861. The fourth-order valence-electron chi connectivity index (χ4n) is 3.35. The maximum absolute atomic E-state index is 12.1. The summed E-state index contributed by atoms with van der Waals surface area (Å²) < 4.78 is 0. The number of carbonyl (C=O) groups is 1. The molecule has 120 valence electrons. The molecule has 2 aliphatic carbocycles. The van der Waals surface area contributed by atoms with Gasteiger partial charge in [-0.15, -0.1) is 0 Å². The Labute approximate surface area is 135 Å². The standard InChI is InChI=1S/C19H22N2O2/c22-11-18(13-6-7-13)21-19(23)20-17-10-16(17)15-8-5-12-3-1-2-4-14(12)9-15/h1-5,8-9,13,16-18,22H,6-7,10-11H2,(H2,20,21,23)/t16-,17+,18?/m0/s1. The van der Waals surface area contributed by atoms with Gasteiger partial charge in [-0.3, -0.25) is 0 Å². The van der Waals surface area contributed by atoms with Gasteiger partial charge in [-0.1, -0.05) is 42.5 Å². The van der Waals surface area contributed by atoms with E-state index in [2.05, 4.69) is 47.0 Å². The normalized spacial score (nSPS) is 24.2. The van der Waals surface area contributed by atoms with Gasteiger partial charge in [-0.2, -0.15) is 0 Å². The molecule has 2 aliphatic rings.